The molecule has 0 radical (unpaired) electrons. The molecule has 2 heterocycles. The minimum Gasteiger partial charge on any atom is -0.294 e. The van der Waals surface area contributed by atoms with Crippen molar-refractivity contribution in [2.45, 2.75) is 26.2 Å². The molecule has 1 aliphatic rings. The smallest absolute Gasteiger partial charge is 0.270 e. The summed E-state index contributed by atoms with van der Waals surface area (Å²) in [6.45, 7) is 3.74. The van der Waals surface area contributed by atoms with E-state index in [2.05, 4.69) is 25.9 Å². The van der Waals surface area contributed by atoms with Crippen LogP contribution in [0.1, 0.15) is 31.9 Å². The second-order valence-corrected chi connectivity index (χ2v) is 7.44. The van der Waals surface area contributed by atoms with Crippen molar-refractivity contribution in [1.29, 1.82) is 0 Å². The number of halogens is 1. The molecule has 1 saturated heterocycles. The van der Waals surface area contributed by atoms with E-state index in [0.29, 0.717) is 27.8 Å². The average molecular weight is 433 g/mol. The van der Waals surface area contributed by atoms with Crippen molar-refractivity contribution in [3.05, 3.63) is 57.2 Å². The maximum Gasteiger partial charge on any atom is 0.270 e. The third kappa shape index (κ3) is 5.69. The Kier molecular flexibility index (Phi) is 7.08. The summed E-state index contributed by atoms with van der Waals surface area (Å²) < 4.78 is 0. The van der Waals surface area contributed by atoms with Crippen LogP contribution in [0.3, 0.4) is 0 Å². The van der Waals surface area contributed by atoms with Crippen molar-refractivity contribution in [2.75, 3.05) is 13.1 Å². The number of pyridine rings is 1. The Morgan fingerprint density at radius 2 is 2.03 bits per heavy atom. The molecule has 10 heteroatoms. The first-order chi connectivity index (χ1) is 13.9. The number of rotatable bonds is 5. The van der Waals surface area contributed by atoms with E-state index in [0.717, 1.165) is 25.9 Å². The molecule has 29 heavy (non-hydrogen) atoms. The topological polar surface area (TPSA) is 95.7 Å². The highest BCUT2D eigenvalue weighted by atomic mass is 35.5. The van der Waals surface area contributed by atoms with Crippen molar-refractivity contribution in [1.82, 2.24) is 20.8 Å². The van der Waals surface area contributed by atoms with Crippen LogP contribution in [0.4, 0.5) is 5.69 Å². The zero-order valence-corrected chi connectivity index (χ0v) is 17.5. The first-order valence-corrected chi connectivity index (χ1v) is 10.0. The van der Waals surface area contributed by atoms with Crippen LogP contribution in [-0.4, -0.2) is 38.8 Å². The number of hydrazone groups is 1. The van der Waals surface area contributed by atoms with Crippen molar-refractivity contribution < 1.29 is 4.92 Å². The molecule has 0 aliphatic carbocycles. The Morgan fingerprint density at radius 3 is 2.72 bits per heavy atom. The third-order valence-electron chi connectivity index (χ3n) is 4.50. The number of hydrogen-bond acceptors (Lipinski definition) is 6. The normalized spacial score (nSPS) is 15.0. The molecule has 0 bridgehead atoms. The van der Waals surface area contributed by atoms with E-state index in [1.165, 1.54) is 18.6 Å². The van der Waals surface area contributed by atoms with Gasteiger partial charge in [-0.2, -0.15) is 5.10 Å². The number of nitrogens with zero attached hydrogens (tertiary/aromatic N) is 4. The number of non-ortho nitro benzene ring substituents is 1. The van der Waals surface area contributed by atoms with Gasteiger partial charge in [0.25, 0.3) is 5.69 Å². The summed E-state index contributed by atoms with van der Waals surface area (Å²) in [6, 6.07) is 9.76. The summed E-state index contributed by atoms with van der Waals surface area (Å²) in [7, 11) is 0. The number of benzene rings is 1. The maximum atomic E-state index is 10.9. The number of aromatic nitrogens is 1. The van der Waals surface area contributed by atoms with Gasteiger partial charge >= 0.3 is 0 Å². The molecule has 3 rings (SSSR count). The van der Waals surface area contributed by atoms with Crippen LogP contribution in [0.15, 0.2) is 41.5 Å². The lowest BCUT2D eigenvalue weighted by Gasteiger charge is -2.27. The van der Waals surface area contributed by atoms with Gasteiger partial charge in [-0.3, -0.25) is 21.0 Å². The summed E-state index contributed by atoms with van der Waals surface area (Å²) in [5, 5.41) is 18.0. The molecule has 1 fully saturated rings. The van der Waals surface area contributed by atoms with E-state index in [-0.39, 0.29) is 10.7 Å². The zero-order valence-electron chi connectivity index (χ0n) is 15.9. The molecule has 8 nitrogen and oxygen atoms in total. The lowest BCUT2D eigenvalue weighted by Crippen LogP contribution is -2.48. The summed E-state index contributed by atoms with van der Waals surface area (Å²) in [4.78, 5) is 15.0. The fraction of sp³-hybridized carbons (Fsp3) is 0.316. The van der Waals surface area contributed by atoms with Gasteiger partial charge in [-0.1, -0.05) is 24.1 Å². The second-order valence-electron chi connectivity index (χ2n) is 6.63. The summed E-state index contributed by atoms with van der Waals surface area (Å²) in [6.07, 6.45) is 3.55. The highest BCUT2D eigenvalue weighted by Crippen LogP contribution is 2.30. The summed E-state index contributed by atoms with van der Waals surface area (Å²) in [5.74, 6) is 0. The van der Waals surface area contributed by atoms with Crippen LogP contribution in [0.25, 0.3) is 11.3 Å². The van der Waals surface area contributed by atoms with Gasteiger partial charge in [0.15, 0.2) is 0 Å². The number of thiocarbonyl (C=S) groups is 1. The van der Waals surface area contributed by atoms with E-state index in [1.807, 2.05) is 19.1 Å². The minimum atomic E-state index is -0.483. The number of nitrogens with one attached hydrogen (secondary N) is 2. The van der Waals surface area contributed by atoms with Gasteiger partial charge in [-0.05, 0) is 50.2 Å². The largest absolute Gasteiger partial charge is 0.294 e. The molecule has 2 N–H and O–H groups in total. The molecule has 0 saturated carbocycles. The molecule has 1 aliphatic heterocycles. The van der Waals surface area contributed by atoms with Crippen LogP contribution in [-0.2, 0) is 0 Å². The highest BCUT2D eigenvalue weighted by molar-refractivity contribution is 7.80. The lowest BCUT2D eigenvalue weighted by atomic mass is 10.1. The quantitative estimate of drug-likeness (QED) is 0.320. The lowest BCUT2D eigenvalue weighted by molar-refractivity contribution is -0.384. The Hall–Kier alpha value is -2.62. The van der Waals surface area contributed by atoms with Crippen molar-refractivity contribution in [3.8, 4) is 11.3 Å². The predicted molar refractivity (Wildman–Crippen MR) is 118 cm³/mol. The first kappa shape index (κ1) is 21.1. The monoisotopic (exact) mass is 432 g/mol. The van der Waals surface area contributed by atoms with E-state index in [4.69, 9.17) is 23.8 Å². The van der Waals surface area contributed by atoms with Gasteiger partial charge in [0.1, 0.15) is 0 Å². The molecular weight excluding hydrogens is 412 g/mol. The van der Waals surface area contributed by atoms with Gasteiger partial charge in [0.05, 0.1) is 27.0 Å². The highest BCUT2D eigenvalue weighted by Gasteiger charge is 2.13. The molecule has 152 valence electrons. The fourth-order valence-electron chi connectivity index (χ4n) is 2.98. The van der Waals surface area contributed by atoms with Gasteiger partial charge < -0.3 is 0 Å². The van der Waals surface area contributed by atoms with Crippen LogP contribution in [0.2, 0.25) is 5.02 Å². The number of hydrazine groups is 1. The van der Waals surface area contributed by atoms with E-state index in [9.17, 15) is 10.1 Å². The van der Waals surface area contributed by atoms with Crippen molar-refractivity contribution in [2.24, 2.45) is 5.10 Å². The summed E-state index contributed by atoms with van der Waals surface area (Å²) in [5.41, 5.74) is 8.42. The van der Waals surface area contributed by atoms with Crippen LogP contribution in [0, 0.1) is 10.1 Å². The average Bonchev–Trinajstić information content (AvgIpc) is 2.72. The zero-order chi connectivity index (χ0) is 20.8. The van der Waals surface area contributed by atoms with E-state index >= 15 is 0 Å². The standard InChI is InChI=1S/C19H21ClN6O2S/c1-13(22-23-19(29)24-25-10-3-2-4-11-25)17-6-5-7-18(21-17)15-9-8-14(26(27)28)12-16(15)20/h5-9,12H,2-4,10-11H2,1H3,(H2,23,24,29). The number of hydrogen-bond donors (Lipinski definition) is 2. The molecule has 0 spiro atoms. The Morgan fingerprint density at radius 1 is 1.28 bits per heavy atom. The van der Waals surface area contributed by atoms with E-state index in [1.54, 1.807) is 12.1 Å². The number of nitro groups is 1. The van der Waals surface area contributed by atoms with Crippen LogP contribution in [0.5, 0.6) is 0 Å². The van der Waals surface area contributed by atoms with Crippen molar-refractivity contribution >= 4 is 40.3 Å². The minimum absolute atomic E-state index is 0.0634. The van der Waals surface area contributed by atoms with Gasteiger partial charge in [-0.25, -0.2) is 9.99 Å². The number of nitro benzene ring substituents is 1. The van der Waals surface area contributed by atoms with Gasteiger partial charge in [-0.15, -0.1) is 0 Å². The Bertz CT molecular complexity index is 946. The Balaban J connectivity index is 1.70. The van der Waals surface area contributed by atoms with Gasteiger partial charge in [0.2, 0.25) is 5.11 Å². The molecule has 2 aromatic rings. The molecule has 1 aromatic heterocycles. The van der Waals surface area contributed by atoms with Gasteiger partial charge in [0, 0.05) is 30.8 Å². The number of piperidine rings is 1. The fourth-order valence-corrected chi connectivity index (χ4v) is 3.42. The first-order valence-electron chi connectivity index (χ1n) is 9.21. The third-order valence-corrected chi connectivity index (χ3v) is 5.00. The summed E-state index contributed by atoms with van der Waals surface area (Å²) >= 11 is 11.5. The predicted octanol–water partition coefficient (Wildman–Crippen LogP) is 3.90. The second kappa shape index (κ2) is 9.73. The molecule has 0 unspecified atom stereocenters. The molecule has 0 amide bonds. The van der Waals surface area contributed by atoms with Crippen LogP contribution >= 0.6 is 23.8 Å². The van der Waals surface area contributed by atoms with E-state index < -0.39 is 4.92 Å². The maximum absolute atomic E-state index is 10.9. The molecule has 0 atom stereocenters. The Labute approximate surface area is 179 Å². The van der Waals surface area contributed by atoms with Crippen molar-refractivity contribution in [3.63, 3.8) is 0 Å². The molecule has 1 aromatic carbocycles. The van der Waals surface area contributed by atoms with Crippen LogP contribution < -0.4 is 10.9 Å². The SMILES string of the molecule is CC(=NNC(=S)NN1CCCCC1)c1cccc(-c2ccc([N+](=O)[O-])cc2Cl)n1. The molecular formula is C19H21ClN6O2S.